The Labute approximate surface area is 332 Å². The fourth-order valence-corrected chi connectivity index (χ4v) is 7.22. The topological polar surface area (TPSA) is 223 Å². The number of oxime groups is 1. The molecule has 5 rings (SSSR count). The number of Topliss-reactive ketones (excluding diaryl/α,β-unsaturated/α-hetero) is 1. The van der Waals surface area contributed by atoms with Gasteiger partial charge >= 0.3 is 11.8 Å². The number of carbonyl (C=O) groups excluding carboxylic acids is 3. The minimum absolute atomic E-state index is 0.0378. The average molecular weight is 797 g/mol. The third-order valence-electron chi connectivity index (χ3n) is 10.9. The van der Waals surface area contributed by atoms with E-state index in [0.717, 1.165) is 12.6 Å². The highest BCUT2D eigenvalue weighted by Gasteiger charge is 2.50. The van der Waals surface area contributed by atoms with Gasteiger partial charge in [-0.3, -0.25) is 14.4 Å². The number of nitrogens with zero attached hydrogens (tertiary/aromatic N) is 1. The number of fused-ring (bicyclic) bond motifs is 14. The van der Waals surface area contributed by atoms with E-state index in [1.807, 2.05) is 6.92 Å². The predicted octanol–water partition coefficient (Wildman–Crippen LogP) is 5.90. The van der Waals surface area contributed by atoms with Crippen molar-refractivity contribution in [3.8, 4) is 23.0 Å². The number of unbranched alkanes of at least 4 members (excludes halogenated alkanes) is 1. The van der Waals surface area contributed by atoms with E-state index in [2.05, 4.69) is 10.5 Å². The first-order valence-electron chi connectivity index (χ1n) is 19.1. The van der Waals surface area contributed by atoms with E-state index in [9.17, 15) is 39.9 Å². The number of aliphatic hydroxyl groups is 2. The molecule has 312 valence electrons. The lowest BCUT2D eigenvalue weighted by atomic mass is 9.78. The van der Waals surface area contributed by atoms with Crippen LogP contribution in [0.4, 0.5) is 5.69 Å². The number of ether oxygens (including phenoxy) is 4. The molecule has 9 atom stereocenters. The van der Waals surface area contributed by atoms with Crippen LogP contribution in [0.2, 0.25) is 0 Å². The molecule has 3 aliphatic rings. The molecule has 5 bridgehead atoms. The molecule has 2 aromatic rings. The minimum Gasteiger partial charge on any atom is -0.507 e. The second-order valence-electron chi connectivity index (χ2n) is 15.0. The number of phenolic OH excluding ortho intramolecular Hbond substituents is 3. The van der Waals surface area contributed by atoms with Crippen molar-refractivity contribution >= 4 is 40.3 Å². The summed E-state index contributed by atoms with van der Waals surface area (Å²) in [6.45, 7) is 14.6. The zero-order chi connectivity index (χ0) is 42.5. The number of carbonyl (C=O) groups is 3. The van der Waals surface area contributed by atoms with Crippen LogP contribution >= 0.6 is 0 Å². The van der Waals surface area contributed by atoms with Crippen LogP contribution < -0.4 is 10.1 Å². The maximum atomic E-state index is 14.3. The summed E-state index contributed by atoms with van der Waals surface area (Å²) in [4.78, 5) is 45.5. The fraction of sp³-hybridized carbons (Fsp3) is 0.524. The van der Waals surface area contributed by atoms with Crippen molar-refractivity contribution in [2.24, 2.45) is 28.8 Å². The van der Waals surface area contributed by atoms with Crippen LogP contribution in [-0.4, -0.2) is 93.3 Å². The van der Waals surface area contributed by atoms with E-state index in [-0.39, 0.29) is 51.1 Å². The third-order valence-corrected chi connectivity index (χ3v) is 10.9. The standard InChI is InChI=1S/C42H56N2O13/c1-11-12-17-55-43-19-27-32-37(50)30-29(36(27)49)31-39(25(7)35(30)48)57-42(9,40(31)51)54-18-16-28(53-10)22(4)38(56-26(8)45)24(6)34(47)23(5)33(46)20(2)14-13-15-21(3)41(52)44-32/h13-16,18-20,22-24,28,33-34,38,46-50H,11-12,17H2,1-10H3,(H,44,52)/b14-13+,18-16+,21-15+,43-19+. The lowest BCUT2D eigenvalue weighted by molar-refractivity contribution is -0.160. The van der Waals surface area contributed by atoms with E-state index < -0.39 is 88.8 Å². The van der Waals surface area contributed by atoms with Crippen molar-refractivity contribution in [3.05, 3.63) is 52.8 Å². The van der Waals surface area contributed by atoms with Crippen molar-refractivity contribution < 1.29 is 63.7 Å². The van der Waals surface area contributed by atoms with Gasteiger partial charge in [0.1, 0.15) is 30.0 Å². The number of methoxy groups -OCH3 is 1. The number of benzene rings is 2. The number of anilines is 1. The van der Waals surface area contributed by atoms with Crippen LogP contribution in [-0.2, 0) is 28.6 Å². The highest BCUT2D eigenvalue weighted by Crippen LogP contribution is 2.55. The first-order chi connectivity index (χ1) is 26.8. The Bertz CT molecular complexity index is 1970. The molecule has 6 N–H and O–H groups in total. The van der Waals surface area contributed by atoms with Gasteiger partial charge < -0.3 is 54.6 Å². The number of amides is 1. The van der Waals surface area contributed by atoms with Gasteiger partial charge in [-0.15, -0.1) is 0 Å². The SMILES string of the molecule is CCCCO/N=C/c1c2c(O)c3c(O)c(C)c4c(c3c1O)C(=O)C(C)(O/C=C/C(OC)C(C)C(OC(C)=O)C(C)C(O)C(C)C(O)C(C)/C=C/C=C(\C)C(=O)N2)O4. The molecule has 0 spiro atoms. The van der Waals surface area contributed by atoms with Gasteiger partial charge in [-0.2, -0.15) is 0 Å². The highest BCUT2D eigenvalue weighted by atomic mass is 16.7. The van der Waals surface area contributed by atoms with E-state index in [1.165, 1.54) is 53.2 Å². The number of nitrogens with one attached hydrogen (secondary N) is 1. The molecule has 0 radical (unpaired) electrons. The van der Waals surface area contributed by atoms with Gasteiger partial charge in [0, 0.05) is 61.2 Å². The fourth-order valence-electron chi connectivity index (χ4n) is 7.22. The van der Waals surface area contributed by atoms with Crippen molar-refractivity contribution in [2.45, 2.75) is 105 Å². The Morgan fingerprint density at radius 3 is 2.30 bits per heavy atom. The van der Waals surface area contributed by atoms with Gasteiger partial charge in [-0.25, -0.2) is 0 Å². The number of rotatable bonds is 7. The highest BCUT2D eigenvalue weighted by molar-refractivity contribution is 6.23. The Morgan fingerprint density at radius 2 is 1.67 bits per heavy atom. The summed E-state index contributed by atoms with van der Waals surface area (Å²) in [5.74, 6) is -8.58. The molecule has 3 heterocycles. The van der Waals surface area contributed by atoms with Crippen molar-refractivity contribution in [1.82, 2.24) is 0 Å². The number of esters is 1. The molecular weight excluding hydrogens is 740 g/mol. The van der Waals surface area contributed by atoms with Gasteiger partial charge in [0.2, 0.25) is 0 Å². The van der Waals surface area contributed by atoms with Gasteiger partial charge in [0.05, 0.1) is 53.0 Å². The second-order valence-corrected chi connectivity index (χ2v) is 15.0. The summed E-state index contributed by atoms with van der Waals surface area (Å²) in [5.41, 5.74) is -0.577. The van der Waals surface area contributed by atoms with Crippen molar-refractivity contribution in [2.75, 3.05) is 19.0 Å². The van der Waals surface area contributed by atoms with Crippen molar-refractivity contribution in [1.29, 1.82) is 0 Å². The molecule has 15 nitrogen and oxygen atoms in total. The van der Waals surface area contributed by atoms with Gasteiger partial charge in [-0.1, -0.05) is 64.4 Å². The Morgan fingerprint density at radius 1 is 0.982 bits per heavy atom. The summed E-state index contributed by atoms with van der Waals surface area (Å²) in [7, 11) is 1.43. The van der Waals surface area contributed by atoms with E-state index >= 15 is 0 Å². The van der Waals surface area contributed by atoms with E-state index in [1.54, 1.807) is 39.8 Å². The van der Waals surface area contributed by atoms with Crippen LogP contribution in [0.5, 0.6) is 23.0 Å². The normalized spacial score (nSPS) is 30.7. The molecule has 1 amide bonds. The van der Waals surface area contributed by atoms with Crippen LogP contribution in [0, 0.1) is 30.6 Å². The zero-order valence-corrected chi connectivity index (χ0v) is 34.2. The predicted molar refractivity (Wildman–Crippen MR) is 212 cm³/mol. The molecule has 57 heavy (non-hydrogen) atoms. The smallest absolute Gasteiger partial charge is 0.312 e. The van der Waals surface area contributed by atoms with E-state index in [0.29, 0.717) is 6.42 Å². The lowest BCUT2D eigenvalue weighted by Crippen LogP contribution is -2.46. The summed E-state index contributed by atoms with van der Waals surface area (Å²) < 4.78 is 23.5. The number of allylic oxidation sites excluding steroid dienone is 2. The number of aliphatic hydroxyl groups excluding tert-OH is 2. The van der Waals surface area contributed by atoms with Crippen molar-refractivity contribution in [3.63, 3.8) is 0 Å². The van der Waals surface area contributed by atoms with Gasteiger partial charge in [0.15, 0.2) is 5.75 Å². The minimum atomic E-state index is -2.05. The molecular formula is C42H56N2O13. The Balaban J connectivity index is 1.96. The molecule has 0 saturated heterocycles. The molecule has 2 aromatic carbocycles. The lowest BCUT2D eigenvalue weighted by Gasteiger charge is -2.38. The first-order valence-corrected chi connectivity index (χ1v) is 19.1. The molecule has 0 aromatic heterocycles. The number of aromatic hydroxyl groups is 3. The molecule has 3 aliphatic heterocycles. The van der Waals surface area contributed by atoms with Crippen LogP contribution in [0.3, 0.4) is 0 Å². The third kappa shape index (κ3) is 9.05. The van der Waals surface area contributed by atoms with Crippen LogP contribution in [0.25, 0.3) is 10.8 Å². The van der Waals surface area contributed by atoms with E-state index in [4.69, 9.17) is 23.8 Å². The summed E-state index contributed by atoms with van der Waals surface area (Å²) in [6, 6.07) is 0. The summed E-state index contributed by atoms with van der Waals surface area (Å²) >= 11 is 0. The molecule has 9 unspecified atom stereocenters. The largest absolute Gasteiger partial charge is 0.507 e. The molecule has 0 saturated carbocycles. The Kier molecular flexibility index (Phi) is 14.4. The average Bonchev–Trinajstić information content (AvgIpc) is 3.43. The number of hydrogen-bond donors (Lipinski definition) is 6. The van der Waals surface area contributed by atoms with Crippen LogP contribution in [0.1, 0.15) is 89.7 Å². The van der Waals surface area contributed by atoms with Gasteiger partial charge in [-0.05, 0) is 26.3 Å². The maximum absolute atomic E-state index is 14.3. The number of hydrogen-bond acceptors (Lipinski definition) is 14. The molecule has 15 heteroatoms. The molecule has 0 fully saturated rings. The maximum Gasteiger partial charge on any atom is 0.312 e. The quantitative estimate of drug-likeness (QED) is 0.0480. The summed E-state index contributed by atoms with van der Waals surface area (Å²) in [6.07, 6.45) is 6.05. The Hall–Kier alpha value is -5.12. The second kappa shape index (κ2) is 18.4. The molecule has 0 aliphatic carbocycles. The first kappa shape index (κ1) is 44.6. The monoisotopic (exact) mass is 796 g/mol. The zero-order valence-electron chi connectivity index (χ0n) is 34.2. The van der Waals surface area contributed by atoms with Crippen LogP contribution in [0.15, 0.2) is 41.3 Å². The van der Waals surface area contributed by atoms with Gasteiger partial charge in [0.25, 0.3) is 11.7 Å². The number of ketones is 1. The summed E-state index contributed by atoms with van der Waals surface area (Å²) in [5, 5.41) is 63.8. The number of phenols is 3.